The molecule has 0 saturated carbocycles. The van der Waals surface area contributed by atoms with E-state index in [1.165, 1.54) is 0 Å². The minimum absolute atomic E-state index is 0.158. The van der Waals surface area contributed by atoms with Gasteiger partial charge in [-0.1, -0.05) is 0 Å². The van der Waals surface area contributed by atoms with Gasteiger partial charge >= 0.3 is 0 Å². The van der Waals surface area contributed by atoms with Crippen LogP contribution in [0, 0.1) is 0 Å². The molecule has 6 nitrogen and oxygen atoms in total. The van der Waals surface area contributed by atoms with Crippen LogP contribution in [0.5, 0.6) is 0 Å². The lowest BCUT2D eigenvalue weighted by Crippen LogP contribution is -2.49. The molecule has 1 saturated heterocycles. The molecule has 0 unspecified atom stereocenters. The molecule has 0 atom stereocenters. The number of hydrogen-bond acceptors (Lipinski definition) is 6. The number of thiophene rings is 1. The van der Waals surface area contributed by atoms with Crippen molar-refractivity contribution in [3.05, 3.63) is 17.8 Å². The maximum absolute atomic E-state index is 11.8. The van der Waals surface area contributed by atoms with Crippen LogP contribution in [0.15, 0.2) is 17.8 Å². The fourth-order valence-corrected chi connectivity index (χ4v) is 3.21. The minimum Gasteiger partial charge on any atom is -0.353 e. The van der Waals surface area contributed by atoms with Crippen molar-refractivity contribution in [1.29, 1.82) is 0 Å². The lowest BCUT2D eigenvalue weighted by atomic mass is 10.2. The Labute approximate surface area is 128 Å². The molecule has 2 aromatic rings. The van der Waals surface area contributed by atoms with Crippen LogP contribution in [0.4, 0.5) is 5.82 Å². The highest BCUT2D eigenvalue weighted by atomic mass is 32.1. The molecule has 0 aromatic carbocycles. The Balaban J connectivity index is 1.66. The molecule has 0 aliphatic carbocycles. The number of carbonyl (C=O) groups is 1. The second-order valence-corrected chi connectivity index (χ2v) is 6.28. The summed E-state index contributed by atoms with van der Waals surface area (Å²) in [7, 11) is 3.60. The zero-order valence-corrected chi connectivity index (χ0v) is 13.1. The number of fused-ring (bicyclic) bond motifs is 1. The van der Waals surface area contributed by atoms with Crippen LogP contribution in [-0.2, 0) is 4.79 Å². The first-order chi connectivity index (χ1) is 10.1. The molecule has 0 N–H and O–H groups in total. The number of piperazine rings is 1. The lowest BCUT2D eigenvalue weighted by Gasteiger charge is -2.35. The fraction of sp³-hybridized carbons (Fsp3) is 0.500. The van der Waals surface area contributed by atoms with Crippen LogP contribution >= 0.6 is 11.3 Å². The van der Waals surface area contributed by atoms with E-state index in [2.05, 4.69) is 31.2 Å². The summed E-state index contributed by atoms with van der Waals surface area (Å²) in [4.78, 5) is 27.7. The van der Waals surface area contributed by atoms with Crippen molar-refractivity contribution in [3.63, 3.8) is 0 Å². The first-order valence-electron chi connectivity index (χ1n) is 7.01. The predicted molar refractivity (Wildman–Crippen MR) is 84.8 cm³/mol. The van der Waals surface area contributed by atoms with Crippen molar-refractivity contribution in [3.8, 4) is 0 Å². The van der Waals surface area contributed by atoms with E-state index < -0.39 is 0 Å². The standard InChI is InChI=1S/C14H19N5OS/c1-17(2)12(20)9-18-4-6-19(7-5-18)13-11-3-8-21-14(11)16-10-15-13/h3,8,10H,4-7,9H2,1-2H3. The number of hydrogen-bond donors (Lipinski definition) is 0. The van der Waals surface area contributed by atoms with Crippen LogP contribution in [0.25, 0.3) is 10.2 Å². The van der Waals surface area contributed by atoms with Gasteiger partial charge in [-0.15, -0.1) is 11.3 Å². The lowest BCUT2D eigenvalue weighted by molar-refractivity contribution is -0.129. The number of likely N-dealkylation sites (N-methyl/N-ethyl adjacent to an activating group) is 1. The minimum atomic E-state index is 0.158. The largest absolute Gasteiger partial charge is 0.353 e. The monoisotopic (exact) mass is 305 g/mol. The van der Waals surface area contributed by atoms with Gasteiger partial charge in [-0.25, -0.2) is 9.97 Å². The molecule has 1 amide bonds. The molecule has 1 aliphatic rings. The molecule has 3 rings (SSSR count). The van der Waals surface area contributed by atoms with E-state index >= 15 is 0 Å². The Kier molecular flexibility index (Phi) is 4.03. The Bertz CT molecular complexity index is 633. The Morgan fingerprint density at radius 2 is 2.05 bits per heavy atom. The fourth-order valence-electron chi connectivity index (χ4n) is 2.48. The molecule has 0 bridgehead atoms. The maximum atomic E-state index is 11.8. The molecule has 1 fully saturated rings. The SMILES string of the molecule is CN(C)C(=O)CN1CCN(c2ncnc3sccc23)CC1. The highest BCUT2D eigenvalue weighted by Gasteiger charge is 2.21. The van der Waals surface area contributed by atoms with Gasteiger partial charge in [-0.2, -0.15) is 0 Å². The summed E-state index contributed by atoms with van der Waals surface area (Å²) in [6, 6.07) is 2.08. The van der Waals surface area contributed by atoms with Gasteiger partial charge in [0.15, 0.2) is 0 Å². The first kappa shape index (κ1) is 14.2. The molecular formula is C14H19N5OS. The zero-order valence-electron chi connectivity index (χ0n) is 12.3. The van der Waals surface area contributed by atoms with Gasteiger partial charge in [-0.05, 0) is 11.4 Å². The van der Waals surface area contributed by atoms with Crippen molar-refractivity contribution in [2.24, 2.45) is 0 Å². The van der Waals surface area contributed by atoms with E-state index in [0.29, 0.717) is 6.54 Å². The number of amides is 1. The predicted octanol–water partition coefficient (Wildman–Crippen LogP) is 0.901. The summed E-state index contributed by atoms with van der Waals surface area (Å²) in [5, 5.41) is 3.18. The van der Waals surface area contributed by atoms with Gasteiger partial charge in [0, 0.05) is 40.3 Å². The molecule has 1 aliphatic heterocycles. The number of carbonyl (C=O) groups excluding carboxylic acids is 1. The quantitative estimate of drug-likeness (QED) is 0.843. The topological polar surface area (TPSA) is 52.6 Å². The molecular weight excluding hydrogens is 286 g/mol. The highest BCUT2D eigenvalue weighted by Crippen LogP contribution is 2.27. The second-order valence-electron chi connectivity index (χ2n) is 5.39. The van der Waals surface area contributed by atoms with Gasteiger partial charge in [0.1, 0.15) is 17.0 Å². The first-order valence-corrected chi connectivity index (χ1v) is 7.89. The number of nitrogens with zero attached hydrogens (tertiary/aromatic N) is 5. The molecule has 0 radical (unpaired) electrons. The smallest absolute Gasteiger partial charge is 0.236 e. The van der Waals surface area contributed by atoms with Crippen molar-refractivity contribution >= 4 is 33.3 Å². The van der Waals surface area contributed by atoms with E-state index in [1.54, 1.807) is 36.7 Å². The average molecular weight is 305 g/mol. The molecule has 0 spiro atoms. The van der Waals surface area contributed by atoms with Gasteiger partial charge in [0.2, 0.25) is 5.91 Å². The summed E-state index contributed by atoms with van der Waals surface area (Å²) in [6.45, 7) is 4.05. The Morgan fingerprint density at radius 1 is 1.29 bits per heavy atom. The second kappa shape index (κ2) is 5.95. The van der Waals surface area contributed by atoms with Crippen molar-refractivity contribution in [2.45, 2.75) is 0 Å². The van der Waals surface area contributed by atoms with Gasteiger partial charge < -0.3 is 9.80 Å². The maximum Gasteiger partial charge on any atom is 0.236 e. The van der Waals surface area contributed by atoms with Gasteiger partial charge in [-0.3, -0.25) is 9.69 Å². The summed E-state index contributed by atoms with van der Waals surface area (Å²) in [6.07, 6.45) is 1.64. The van der Waals surface area contributed by atoms with Crippen LogP contribution in [0.3, 0.4) is 0 Å². The Hall–Kier alpha value is -1.73. The van der Waals surface area contributed by atoms with Gasteiger partial charge in [0.05, 0.1) is 11.9 Å². The molecule has 3 heterocycles. The third-order valence-corrected chi connectivity index (χ3v) is 4.59. The van der Waals surface area contributed by atoms with Crippen LogP contribution < -0.4 is 4.90 Å². The number of rotatable bonds is 3. The summed E-state index contributed by atoms with van der Waals surface area (Å²) >= 11 is 1.64. The van der Waals surface area contributed by atoms with E-state index in [-0.39, 0.29) is 5.91 Å². The van der Waals surface area contributed by atoms with E-state index in [4.69, 9.17) is 0 Å². The number of anilines is 1. The van der Waals surface area contributed by atoms with Crippen LogP contribution in [-0.4, -0.2) is 72.5 Å². The van der Waals surface area contributed by atoms with Crippen LogP contribution in [0.2, 0.25) is 0 Å². The van der Waals surface area contributed by atoms with Crippen molar-refractivity contribution in [1.82, 2.24) is 19.8 Å². The average Bonchev–Trinajstić information content (AvgIpc) is 2.96. The summed E-state index contributed by atoms with van der Waals surface area (Å²) in [5.41, 5.74) is 0. The van der Waals surface area contributed by atoms with Crippen molar-refractivity contribution < 1.29 is 4.79 Å². The van der Waals surface area contributed by atoms with E-state index in [1.807, 2.05) is 0 Å². The van der Waals surface area contributed by atoms with Crippen LogP contribution in [0.1, 0.15) is 0 Å². The summed E-state index contributed by atoms with van der Waals surface area (Å²) in [5.74, 6) is 1.17. The Morgan fingerprint density at radius 3 is 2.76 bits per heavy atom. The van der Waals surface area contributed by atoms with Gasteiger partial charge in [0.25, 0.3) is 0 Å². The highest BCUT2D eigenvalue weighted by molar-refractivity contribution is 7.16. The van der Waals surface area contributed by atoms with E-state index in [9.17, 15) is 4.79 Å². The molecule has 21 heavy (non-hydrogen) atoms. The number of aromatic nitrogens is 2. The molecule has 2 aromatic heterocycles. The summed E-state index contributed by atoms with van der Waals surface area (Å²) < 4.78 is 0. The molecule has 112 valence electrons. The van der Waals surface area contributed by atoms with Crippen molar-refractivity contribution in [2.75, 3.05) is 51.7 Å². The molecule has 7 heteroatoms. The zero-order chi connectivity index (χ0) is 14.8. The third-order valence-electron chi connectivity index (χ3n) is 3.77. The normalized spacial score (nSPS) is 16.4. The van der Waals surface area contributed by atoms with E-state index in [0.717, 1.165) is 42.2 Å². The third kappa shape index (κ3) is 2.98.